The van der Waals surface area contributed by atoms with Crippen LogP contribution in [0, 0.1) is 22.0 Å². The summed E-state index contributed by atoms with van der Waals surface area (Å²) in [6.07, 6.45) is 9.41. The molecular weight excluding hydrogens is 264 g/mol. The zero-order valence-electron chi connectivity index (χ0n) is 12.5. The molecule has 3 rings (SSSR count). The largest absolute Gasteiger partial charge is 0.310 e. The number of hydrogen-bond acceptors (Lipinski definition) is 3. The van der Waals surface area contributed by atoms with Gasteiger partial charge in [0.05, 0.1) is 4.92 Å². The Balaban J connectivity index is 1.57. The first-order valence-electron chi connectivity index (χ1n) is 8.19. The van der Waals surface area contributed by atoms with Crippen molar-refractivity contribution in [1.82, 2.24) is 5.32 Å². The Morgan fingerprint density at radius 3 is 2.67 bits per heavy atom. The second-order valence-corrected chi connectivity index (χ2v) is 6.58. The molecule has 0 aliphatic heterocycles. The van der Waals surface area contributed by atoms with Crippen LogP contribution in [0.3, 0.4) is 0 Å². The molecule has 3 atom stereocenters. The van der Waals surface area contributed by atoms with Crippen molar-refractivity contribution in [3.8, 4) is 0 Å². The van der Waals surface area contributed by atoms with Crippen LogP contribution in [0.5, 0.6) is 0 Å². The molecule has 2 fully saturated rings. The molecule has 1 N–H and O–H groups in total. The summed E-state index contributed by atoms with van der Waals surface area (Å²) < 4.78 is 0. The number of nitro benzene ring substituents is 1. The van der Waals surface area contributed by atoms with Crippen LogP contribution in [0.25, 0.3) is 0 Å². The smallest absolute Gasteiger partial charge is 0.273 e. The van der Waals surface area contributed by atoms with Crippen molar-refractivity contribution >= 4 is 5.69 Å². The Kier molecular flexibility index (Phi) is 4.54. The second kappa shape index (κ2) is 6.56. The van der Waals surface area contributed by atoms with E-state index in [-0.39, 0.29) is 10.6 Å². The molecule has 0 radical (unpaired) electrons. The number of fused-ring (bicyclic) bond motifs is 1. The number of rotatable bonds is 4. The predicted molar refractivity (Wildman–Crippen MR) is 83.0 cm³/mol. The fourth-order valence-electron chi connectivity index (χ4n) is 4.15. The van der Waals surface area contributed by atoms with Gasteiger partial charge in [0.1, 0.15) is 0 Å². The van der Waals surface area contributed by atoms with Gasteiger partial charge in [-0.1, -0.05) is 43.9 Å². The number of nitrogens with one attached hydrogen (secondary N) is 1. The van der Waals surface area contributed by atoms with Gasteiger partial charge < -0.3 is 5.32 Å². The number of hydrogen-bond donors (Lipinski definition) is 1. The lowest BCUT2D eigenvalue weighted by Gasteiger charge is -2.39. The van der Waals surface area contributed by atoms with Crippen LogP contribution < -0.4 is 5.32 Å². The van der Waals surface area contributed by atoms with Crippen molar-refractivity contribution in [3.05, 3.63) is 39.9 Å². The molecule has 1 aromatic carbocycles. The minimum Gasteiger partial charge on any atom is -0.310 e. The van der Waals surface area contributed by atoms with E-state index in [9.17, 15) is 10.1 Å². The molecule has 0 aromatic heterocycles. The highest BCUT2D eigenvalue weighted by molar-refractivity contribution is 5.39. The highest BCUT2D eigenvalue weighted by Gasteiger charge is 2.31. The third-order valence-corrected chi connectivity index (χ3v) is 5.31. The van der Waals surface area contributed by atoms with Crippen molar-refractivity contribution in [3.63, 3.8) is 0 Å². The summed E-state index contributed by atoms with van der Waals surface area (Å²) in [6, 6.07) is 7.59. The fourth-order valence-corrected chi connectivity index (χ4v) is 4.15. The predicted octanol–water partition coefficient (Wildman–Crippen LogP) is 4.04. The first-order chi connectivity index (χ1) is 10.2. The van der Waals surface area contributed by atoms with E-state index in [1.165, 1.54) is 44.9 Å². The van der Waals surface area contributed by atoms with Crippen LogP contribution in [0.1, 0.15) is 50.5 Å². The first-order valence-corrected chi connectivity index (χ1v) is 8.19. The number of nitrogens with zero attached hydrogens (tertiary/aromatic N) is 1. The molecule has 114 valence electrons. The van der Waals surface area contributed by atoms with E-state index < -0.39 is 0 Å². The SMILES string of the molecule is O=[N+]([O-])c1ccccc1CNC1CCC2CCCCC2C1. The van der Waals surface area contributed by atoms with Gasteiger partial charge in [0, 0.05) is 24.2 Å². The highest BCUT2D eigenvalue weighted by Crippen LogP contribution is 2.40. The number of para-hydroxylation sites is 1. The van der Waals surface area contributed by atoms with Gasteiger partial charge in [-0.2, -0.15) is 0 Å². The highest BCUT2D eigenvalue weighted by atomic mass is 16.6. The summed E-state index contributed by atoms with van der Waals surface area (Å²) in [5.74, 6) is 1.83. The van der Waals surface area contributed by atoms with Gasteiger partial charge in [0.2, 0.25) is 0 Å². The molecular formula is C17H24N2O2. The van der Waals surface area contributed by atoms with E-state index in [2.05, 4.69) is 5.32 Å². The standard InChI is InChI=1S/C17H24N2O2/c20-19(21)17-8-4-3-7-15(17)12-18-16-10-9-13-5-1-2-6-14(13)11-16/h3-4,7-8,13-14,16,18H,1-2,5-6,9-12H2. The zero-order valence-corrected chi connectivity index (χ0v) is 12.5. The quantitative estimate of drug-likeness (QED) is 0.672. The summed E-state index contributed by atoms with van der Waals surface area (Å²) in [6.45, 7) is 0.610. The van der Waals surface area contributed by atoms with Gasteiger partial charge in [-0.05, 0) is 31.1 Å². The maximum Gasteiger partial charge on any atom is 0.273 e. The molecule has 0 spiro atoms. The van der Waals surface area contributed by atoms with E-state index in [0.717, 1.165) is 17.4 Å². The monoisotopic (exact) mass is 288 g/mol. The maximum absolute atomic E-state index is 11.0. The summed E-state index contributed by atoms with van der Waals surface area (Å²) in [4.78, 5) is 10.8. The third kappa shape index (κ3) is 3.43. The van der Waals surface area contributed by atoms with Crippen LogP contribution in [0.4, 0.5) is 5.69 Å². The van der Waals surface area contributed by atoms with Crippen LogP contribution in [-0.4, -0.2) is 11.0 Å². The van der Waals surface area contributed by atoms with Gasteiger partial charge >= 0.3 is 0 Å². The summed E-state index contributed by atoms with van der Waals surface area (Å²) in [5.41, 5.74) is 1.03. The Labute approximate surface area is 126 Å². The lowest BCUT2D eigenvalue weighted by Crippen LogP contribution is -2.38. The molecule has 0 heterocycles. The average Bonchev–Trinajstić information content (AvgIpc) is 2.53. The van der Waals surface area contributed by atoms with Crippen LogP contribution in [0.15, 0.2) is 24.3 Å². The van der Waals surface area contributed by atoms with Crippen molar-refractivity contribution in [2.75, 3.05) is 0 Å². The lowest BCUT2D eigenvalue weighted by atomic mass is 9.69. The normalized spacial score (nSPS) is 28.9. The summed E-state index contributed by atoms with van der Waals surface area (Å²) in [5, 5.41) is 14.6. The summed E-state index contributed by atoms with van der Waals surface area (Å²) in [7, 11) is 0. The molecule has 0 bridgehead atoms. The van der Waals surface area contributed by atoms with E-state index in [1.807, 2.05) is 12.1 Å². The fraction of sp³-hybridized carbons (Fsp3) is 0.647. The van der Waals surface area contributed by atoms with Crippen LogP contribution in [0.2, 0.25) is 0 Å². The molecule has 21 heavy (non-hydrogen) atoms. The van der Waals surface area contributed by atoms with Crippen molar-refractivity contribution < 1.29 is 4.92 Å². The van der Waals surface area contributed by atoms with Gasteiger partial charge in [-0.15, -0.1) is 0 Å². The van der Waals surface area contributed by atoms with Crippen molar-refractivity contribution in [1.29, 1.82) is 0 Å². The van der Waals surface area contributed by atoms with Crippen molar-refractivity contribution in [2.45, 2.75) is 57.5 Å². The maximum atomic E-state index is 11.0. The van der Waals surface area contributed by atoms with Crippen LogP contribution >= 0.6 is 0 Å². The Hall–Kier alpha value is -1.42. The Bertz CT molecular complexity index is 503. The van der Waals surface area contributed by atoms with Gasteiger partial charge in [0.15, 0.2) is 0 Å². The van der Waals surface area contributed by atoms with E-state index >= 15 is 0 Å². The number of nitro groups is 1. The van der Waals surface area contributed by atoms with Gasteiger partial charge in [-0.25, -0.2) is 0 Å². The Morgan fingerprint density at radius 2 is 1.86 bits per heavy atom. The summed E-state index contributed by atoms with van der Waals surface area (Å²) >= 11 is 0. The number of benzene rings is 1. The van der Waals surface area contributed by atoms with E-state index in [4.69, 9.17) is 0 Å². The van der Waals surface area contributed by atoms with E-state index in [1.54, 1.807) is 12.1 Å². The molecule has 1 aromatic rings. The molecule has 3 unspecified atom stereocenters. The molecule has 0 amide bonds. The van der Waals surface area contributed by atoms with Gasteiger partial charge in [0.25, 0.3) is 5.69 Å². The minimum atomic E-state index is -0.283. The Morgan fingerprint density at radius 1 is 1.10 bits per heavy atom. The van der Waals surface area contributed by atoms with Crippen LogP contribution in [-0.2, 0) is 6.54 Å². The lowest BCUT2D eigenvalue weighted by molar-refractivity contribution is -0.385. The van der Waals surface area contributed by atoms with Gasteiger partial charge in [-0.3, -0.25) is 10.1 Å². The molecule has 4 heteroatoms. The molecule has 4 nitrogen and oxygen atoms in total. The molecule has 2 aliphatic carbocycles. The third-order valence-electron chi connectivity index (χ3n) is 5.31. The minimum absolute atomic E-state index is 0.233. The molecule has 2 aliphatic rings. The zero-order chi connectivity index (χ0) is 14.7. The molecule has 0 saturated heterocycles. The topological polar surface area (TPSA) is 55.2 Å². The molecule has 2 saturated carbocycles. The first kappa shape index (κ1) is 14.5. The second-order valence-electron chi connectivity index (χ2n) is 6.58. The average molecular weight is 288 g/mol. The van der Waals surface area contributed by atoms with E-state index in [0.29, 0.717) is 12.6 Å². The van der Waals surface area contributed by atoms with Crippen molar-refractivity contribution in [2.24, 2.45) is 11.8 Å².